The van der Waals surface area contributed by atoms with E-state index in [-0.39, 0.29) is 15.3 Å². The van der Waals surface area contributed by atoms with Crippen molar-refractivity contribution in [2.24, 2.45) is 0 Å². The van der Waals surface area contributed by atoms with Gasteiger partial charge in [-0.05, 0) is 47.6 Å². The van der Waals surface area contributed by atoms with Crippen LogP contribution in [0.1, 0.15) is 44.1 Å². The highest BCUT2D eigenvalue weighted by atomic mass is 28.2. The molecule has 2 aromatic carbocycles. The Balaban J connectivity index is 1.66. The van der Waals surface area contributed by atoms with E-state index in [1.165, 1.54) is 55.0 Å². The molecule has 0 spiro atoms. The van der Waals surface area contributed by atoms with Gasteiger partial charge in [0.15, 0.2) is 0 Å². The van der Waals surface area contributed by atoms with Crippen LogP contribution in [0.2, 0.25) is 11.6 Å². The summed E-state index contributed by atoms with van der Waals surface area (Å²) in [6, 6.07) is 17.2. The van der Waals surface area contributed by atoms with E-state index in [0.717, 1.165) is 17.0 Å². The molecule has 0 unspecified atom stereocenters. The lowest BCUT2D eigenvalue weighted by molar-refractivity contribution is 0.441. The van der Waals surface area contributed by atoms with Crippen LogP contribution in [0.25, 0.3) is 11.1 Å². The molecule has 0 amide bonds. The van der Waals surface area contributed by atoms with Crippen molar-refractivity contribution in [3.8, 4) is 11.1 Å². The van der Waals surface area contributed by atoms with Crippen molar-refractivity contribution in [1.29, 1.82) is 0 Å². The lowest BCUT2D eigenvalue weighted by Crippen LogP contribution is -2.13. The molecule has 1 aliphatic rings. The van der Waals surface area contributed by atoms with Crippen molar-refractivity contribution < 1.29 is 4.39 Å². The summed E-state index contributed by atoms with van der Waals surface area (Å²) in [5.41, 5.74) is 4.85. The van der Waals surface area contributed by atoms with Crippen LogP contribution in [0, 0.1) is 5.82 Å². The Morgan fingerprint density at radius 2 is 1.41 bits per heavy atom. The lowest BCUT2D eigenvalue weighted by atomic mass is 9.83. The minimum atomic E-state index is -0.173. The third-order valence-corrected chi connectivity index (χ3v) is 7.31. The number of hydrogen-bond acceptors (Lipinski definition) is 0. The minimum Gasteiger partial charge on any atom is -0.207 e. The number of halogens is 1. The summed E-state index contributed by atoms with van der Waals surface area (Å²) in [4.78, 5) is 0. The lowest BCUT2D eigenvalue weighted by Gasteiger charge is -2.28. The van der Waals surface area contributed by atoms with E-state index in [1.54, 1.807) is 0 Å². The molecule has 0 nitrogen and oxygen atoms in total. The standard InChI is InChI=1S/C20H25FSi/c1-2-22-20-13-9-18(10-14-20)16-5-3-15(4-6-16)17-7-11-19(21)12-8-17/h3-8,11-12,18,20H,2,9-10,13-14,22H2,1H3. The van der Waals surface area contributed by atoms with E-state index < -0.39 is 0 Å². The SMILES string of the molecule is CC[SiH2]C1CCC(c2ccc(-c3ccc(F)cc3)cc2)CC1. The van der Waals surface area contributed by atoms with E-state index in [9.17, 15) is 4.39 Å². The zero-order chi connectivity index (χ0) is 15.4. The average molecular weight is 313 g/mol. The maximum Gasteiger partial charge on any atom is 0.123 e. The van der Waals surface area contributed by atoms with Gasteiger partial charge in [0.2, 0.25) is 0 Å². The summed E-state index contributed by atoms with van der Waals surface area (Å²) < 4.78 is 13.0. The van der Waals surface area contributed by atoms with Crippen LogP contribution in [0.4, 0.5) is 4.39 Å². The van der Waals surface area contributed by atoms with E-state index in [0.29, 0.717) is 0 Å². The Bertz CT molecular complexity index is 580. The third kappa shape index (κ3) is 3.67. The van der Waals surface area contributed by atoms with Gasteiger partial charge in [0.1, 0.15) is 5.82 Å². The number of benzene rings is 2. The normalized spacial score (nSPS) is 22.3. The predicted octanol–water partition coefficient (Wildman–Crippen LogP) is 5.55. The van der Waals surface area contributed by atoms with Crippen molar-refractivity contribution >= 4 is 9.52 Å². The molecule has 0 aromatic heterocycles. The van der Waals surface area contributed by atoms with Gasteiger partial charge in [-0.15, -0.1) is 0 Å². The van der Waals surface area contributed by atoms with Crippen molar-refractivity contribution in [3.63, 3.8) is 0 Å². The predicted molar refractivity (Wildman–Crippen MR) is 95.8 cm³/mol. The second kappa shape index (κ2) is 7.23. The molecule has 1 fully saturated rings. The fourth-order valence-electron chi connectivity index (χ4n) is 3.78. The molecule has 1 aliphatic carbocycles. The number of rotatable bonds is 4. The second-order valence-electron chi connectivity index (χ2n) is 6.64. The summed E-state index contributed by atoms with van der Waals surface area (Å²) in [7, 11) is 0.198. The van der Waals surface area contributed by atoms with Gasteiger partial charge in [-0.3, -0.25) is 0 Å². The molecule has 116 valence electrons. The Kier molecular flexibility index (Phi) is 5.09. The summed E-state index contributed by atoms with van der Waals surface area (Å²) in [5, 5.41) is 0. The molecule has 0 radical (unpaired) electrons. The van der Waals surface area contributed by atoms with Gasteiger partial charge in [-0.25, -0.2) is 4.39 Å². The van der Waals surface area contributed by atoms with Gasteiger partial charge in [-0.1, -0.05) is 67.7 Å². The Morgan fingerprint density at radius 3 is 1.95 bits per heavy atom. The molecular weight excluding hydrogens is 287 g/mol. The molecule has 0 atom stereocenters. The zero-order valence-corrected chi connectivity index (χ0v) is 14.8. The van der Waals surface area contributed by atoms with Crippen molar-refractivity contribution in [3.05, 3.63) is 59.9 Å². The summed E-state index contributed by atoms with van der Waals surface area (Å²) in [6.45, 7) is 2.35. The van der Waals surface area contributed by atoms with E-state index in [1.807, 2.05) is 12.1 Å². The highest BCUT2D eigenvalue weighted by Gasteiger charge is 2.21. The molecule has 2 aromatic rings. The first kappa shape index (κ1) is 15.5. The molecule has 2 heteroatoms. The first-order chi connectivity index (χ1) is 10.8. The van der Waals surface area contributed by atoms with Crippen LogP contribution in [0.5, 0.6) is 0 Å². The minimum absolute atomic E-state index is 0.173. The van der Waals surface area contributed by atoms with E-state index >= 15 is 0 Å². The van der Waals surface area contributed by atoms with Gasteiger partial charge in [0.05, 0.1) is 0 Å². The molecule has 1 saturated carbocycles. The van der Waals surface area contributed by atoms with Gasteiger partial charge in [0.25, 0.3) is 0 Å². The molecule has 0 saturated heterocycles. The van der Waals surface area contributed by atoms with Crippen LogP contribution in [0.3, 0.4) is 0 Å². The topological polar surface area (TPSA) is 0 Å². The van der Waals surface area contributed by atoms with Gasteiger partial charge < -0.3 is 0 Å². The van der Waals surface area contributed by atoms with Crippen LogP contribution in [-0.2, 0) is 0 Å². The largest absolute Gasteiger partial charge is 0.207 e. The summed E-state index contributed by atoms with van der Waals surface area (Å²) >= 11 is 0. The summed E-state index contributed by atoms with van der Waals surface area (Å²) in [6.07, 6.45) is 5.63. The Labute approximate surface area is 135 Å². The van der Waals surface area contributed by atoms with Crippen LogP contribution < -0.4 is 0 Å². The fourth-order valence-corrected chi connectivity index (χ4v) is 5.65. The van der Waals surface area contributed by atoms with Crippen LogP contribution in [0.15, 0.2) is 48.5 Å². The van der Waals surface area contributed by atoms with E-state index in [4.69, 9.17) is 0 Å². The molecule has 3 rings (SSSR count). The molecule has 0 aliphatic heterocycles. The van der Waals surface area contributed by atoms with Gasteiger partial charge in [-0.2, -0.15) is 0 Å². The molecule has 0 bridgehead atoms. The van der Waals surface area contributed by atoms with Crippen molar-refractivity contribution in [2.45, 2.75) is 50.1 Å². The van der Waals surface area contributed by atoms with Crippen LogP contribution in [-0.4, -0.2) is 9.52 Å². The highest BCUT2D eigenvalue weighted by Crippen LogP contribution is 2.38. The second-order valence-corrected chi connectivity index (χ2v) is 9.37. The quantitative estimate of drug-likeness (QED) is 0.650. The monoisotopic (exact) mass is 312 g/mol. The third-order valence-electron chi connectivity index (χ3n) is 5.10. The first-order valence-corrected chi connectivity index (χ1v) is 10.4. The Hall–Kier alpha value is -1.41. The average Bonchev–Trinajstić information content (AvgIpc) is 2.57. The molecule has 0 N–H and O–H groups in total. The van der Waals surface area contributed by atoms with Gasteiger partial charge >= 0.3 is 0 Å². The summed E-state index contributed by atoms with van der Waals surface area (Å²) in [5.74, 6) is 0.581. The first-order valence-electron chi connectivity index (χ1n) is 8.62. The molecule has 22 heavy (non-hydrogen) atoms. The van der Waals surface area contributed by atoms with Crippen LogP contribution >= 0.6 is 0 Å². The van der Waals surface area contributed by atoms with Crippen molar-refractivity contribution in [1.82, 2.24) is 0 Å². The van der Waals surface area contributed by atoms with E-state index in [2.05, 4.69) is 31.2 Å². The van der Waals surface area contributed by atoms with Crippen molar-refractivity contribution in [2.75, 3.05) is 0 Å². The Morgan fingerprint density at radius 1 is 0.864 bits per heavy atom. The smallest absolute Gasteiger partial charge is 0.123 e. The fraction of sp³-hybridized carbons (Fsp3) is 0.400. The zero-order valence-electron chi connectivity index (χ0n) is 13.4. The molecule has 0 heterocycles. The highest BCUT2D eigenvalue weighted by molar-refractivity contribution is 6.37. The number of hydrogen-bond donors (Lipinski definition) is 0. The van der Waals surface area contributed by atoms with Gasteiger partial charge in [0, 0.05) is 9.52 Å². The maximum absolute atomic E-state index is 13.0. The maximum atomic E-state index is 13.0. The molecular formula is C20H25FSi.